The topological polar surface area (TPSA) is 61.4 Å². The summed E-state index contributed by atoms with van der Waals surface area (Å²) >= 11 is 0. The van der Waals surface area contributed by atoms with Gasteiger partial charge in [-0.25, -0.2) is 0 Å². The smallest absolute Gasteiger partial charge is 0.237 e. The molecule has 2 N–H and O–H groups in total. The predicted molar refractivity (Wildman–Crippen MR) is 104 cm³/mol. The van der Waals surface area contributed by atoms with Gasteiger partial charge in [0, 0.05) is 5.92 Å². The molecular formula is C20H39N3O2. The summed E-state index contributed by atoms with van der Waals surface area (Å²) in [4.78, 5) is 27.7. The highest BCUT2D eigenvalue weighted by atomic mass is 16.2. The van der Waals surface area contributed by atoms with Crippen LogP contribution in [-0.4, -0.2) is 54.9 Å². The highest BCUT2D eigenvalue weighted by molar-refractivity contribution is 5.91. The molecule has 2 unspecified atom stereocenters. The minimum Gasteiger partial charge on any atom is -0.345 e. The Balaban J connectivity index is 2.59. The molecule has 1 aliphatic heterocycles. The number of amides is 1. The molecule has 0 aromatic rings. The van der Waals surface area contributed by atoms with Crippen molar-refractivity contribution in [3.05, 3.63) is 0 Å². The van der Waals surface area contributed by atoms with Crippen molar-refractivity contribution in [2.75, 3.05) is 26.2 Å². The molecule has 0 saturated carbocycles. The summed E-state index contributed by atoms with van der Waals surface area (Å²) in [7, 11) is 0. The summed E-state index contributed by atoms with van der Waals surface area (Å²) in [5, 5.41) is 6.26. The van der Waals surface area contributed by atoms with Crippen LogP contribution in [0.5, 0.6) is 0 Å². The Bertz CT molecular complexity index is 404. The molecule has 1 fully saturated rings. The fraction of sp³-hybridized carbons (Fsp3) is 0.900. The number of carbonyl (C=O) groups excluding carboxylic acids is 2. The standard InChI is InChI=1S/C20H39N3O2/c1-6-21-18(15(2)3)20(25)22-17(19(24)16(4)5)11-10-14-23-12-8-7-9-13-23/h15-18,21H,6-14H2,1-5H3,(H,22,25). The van der Waals surface area contributed by atoms with Crippen molar-refractivity contribution in [2.45, 2.75) is 78.8 Å². The van der Waals surface area contributed by atoms with Crippen LogP contribution in [0.2, 0.25) is 0 Å². The SMILES string of the molecule is CCNC(C(=O)NC(CCCN1CCCCC1)C(=O)C(C)C)C(C)C. The maximum Gasteiger partial charge on any atom is 0.237 e. The van der Waals surface area contributed by atoms with Gasteiger partial charge in [-0.1, -0.05) is 41.0 Å². The number of likely N-dealkylation sites (tertiary alicyclic amines) is 1. The van der Waals surface area contributed by atoms with Crippen LogP contribution in [-0.2, 0) is 9.59 Å². The van der Waals surface area contributed by atoms with E-state index in [-0.39, 0.29) is 35.6 Å². The van der Waals surface area contributed by atoms with Crippen molar-refractivity contribution >= 4 is 11.7 Å². The second kappa shape index (κ2) is 11.6. The zero-order valence-electron chi connectivity index (χ0n) is 16.9. The highest BCUT2D eigenvalue weighted by Crippen LogP contribution is 2.12. The summed E-state index contributed by atoms with van der Waals surface area (Å²) in [6, 6.07) is -0.605. The van der Waals surface area contributed by atoms with Crippen molar-refractivity contribution in [3.63, 3.8) is 0 Å². The van der Waals surface area contributed by atoms with Gasteiger partial charge in [-0.05, 0) is 57.8 Å². The van der Waals surface area contributed by atoms with Crippen molar-refractivity contribution in [2.24, 2.45) is 11.8 Å². The molecule has 5 heteroatoms. The number of carbonyl (C=O) groups is 2. The molecule has 1 saturated heterocycles. The van der Waals surface area contributed by atoms with Crippen LogP contribution < -0.4 is 10.6 Å². The van der Waals surface area contributed by atoms with E-state index in [0.717, 1.165) is 25.9 Å². The van der Waals surface area contributed by atoms with Gasteiger partial charge in [-0.15, -0.1) is 0 Å². The van der Waals surface area contributed by atoms with E-state index in [1.54, 1.807) is 0 Å². The van der Waals surface area contributed by atoms with Gasteiger partial charge >= 0.3 is 0 Å². The Morgan fingerprint density at radius 2 is 1.68 bits per heavy atom. The predicted octanol–water partition coefficient (Wildman–Crippen LogP) is 2.60. The molecule has 1 aliphatic rings. The molecule has 0 aliphatic carbocycles. The maximum absolute atomic E-state index is 12.6. The highest BCUT2D eigenvalue weighted by Gasteiger charge is 2.28. The molecular weight excluding hydrogens is 314 g/mol. The lowest BCUT2D eigenvalue weighted by atomic mass is 9.96. The summed E-state index contributed by atoms with van der Waals surface area (Å²) in [6.45, 7) is 14.0. The Kier molecular flexibility index (Phi) is 10.3. The number of nitrogens with zero attached hydrogens (tertiary/aromatic N) is 1. The normalized spacial score (nSPS) is 18.4. The molecule has 1 heterocycles. The minimum absolute atomic E-state index is 0.0474. The van der Waals surface area contributed by atoms with Crippen LogP contribution in [0, 0.1) is 11.8 Å². The van der Waals surface area contributed by atoms with E-state index in [9.17, 15) is 9.59 Å². The Labute approximate surface area is 154 Å². The van der Waals surface area contributed by atoms with Crippen molar-refractivity contribution in [3.8, 4) is 0 Å². The average molecular weight is 354 g/mol. The van der Waals surface area contributed by atoms with Crippen LogP contribution in [0.25, 0.3) is 0 Å². The first-order valence-electron chi connectivity index (χ1n) is 10.2. The molecule has 1 amide bonds. The van der Waals surface area contributed by atoms with Crippen molar-refractivity contribution in [1.29, 1.82) is 0 Å². The Morgan fingerprint density at radius 3 is 2.20 bits per heavy atom. The molecule has 0 aromatic heterocycles. The van der Waals surface area contributed by atoms with E-state index >= 15 is 0 Å². The van der Waals surface area contributed by atoms with E-state index in [1.165, 1.54) is 32.4 Å². The average Bonchev–Trinajstić information content (AvgIpc) is 2.58. The molecule has 146 valence electrons. The number of hydrogen-bond donors (Lipinski definition) is 2. The van der Waals surface area contributed by atoms with Gasteiger partial charge in [0.15, 0.2) is 5.78 Å². The lowest BCUT2D eigenvalue weighted by Crippen LogP contribution is -2.53. The summed E-state index contributed by atoms with van der Waals surface area (Å²) in [5.74, 6) is 0.236. The Morgan fingerprint density at radius 1 is 1.04 bits per heavy atom. The summed E-state index contributed by atoms with van der Waals surface area (Å²) in [5.41, 5.74) is 0. The third-order valence-electron chi connectivity index (χ3n) is 5.02. The quantitative estimate of drug-likeness (QED) is 0.599. The maximum atomic E-state index is 12.6. The number of Topliss-reactive ketones (excluding diaryl/α,β-unsaturated/α-hetero) is 1. The van der Waals surface area contributed by atoms with Gasteiger partial charge < -0.3 is 15.5 Å². The van der Waals surface area contributed by atoms with E-state index in [4.69, 9.17) is 0 Å². The number of nitrogens with one attached hydrogen (secondary N) is 2. The van der Waals surface area contributed by atoms with Gasteiger partial charge in [0.2, 0.25) is 5.91 Å². The van der Waals surface area contributed by atoms with E-state index in [0.29, 0.717) is 0 Å². The number of hydrogen-bond acceptors (Lipinski definition) is 4. The van der Waals surface area contributed by atoms with Crippen LogP contribution in [0.4, 0.5) is 0 Å². The fourth-order valence-electron chi connectivity index (χ4n) is 3.50. The van der Waals surface area contributed by atoms with Crippen molar-refractivity contribution in [1.82, 2.24) is 15.5 Å². The van der Waals surface area contributed by atoms with E-state index in [2.05, 4.69) is 15.5 Å². The molecule has 0 bridgehead atoms. The molecule has 2 atom stereocenters. The van der Waals surface area contributed by atoms with Gasteiger partial charge in [0.05, 0.1) is 12.1 Å². The minimum atomic E-state index is -0.364. The monoisotopic (exact) mass is 353 g/mol. The first-order chi connectivity index (χ1) is 11.9. The van der Waals surface area contributed by atoms with Gasteiger partial charge in [0.25, 0.3) is 0 Å². The zero-order valence-corrected chi connectivity index (χ0v) is 16.9. The first kappa shape index (κ1) is 22.1. The number of likely N-dealkylation sites (N-methyl/N-ethyl adjacent to an activating group) is 1. The summed E-state index contributed by atoms with van der Waals surface area (Å²) in [6.07, 6.45) is 5.59. The van der Waals surface area contributed by atoms with E-state index in [1.807, 2.05) is 34.6 Å². The Hall–Kier alpha value is -0.940. The largest absolute Gasteiger partial charge is 0.345 e. The van der Waals surface area contributed by atoms with Crippen LogP contribution in [0.1, 0.15) is 66.7 Å². The molecule has 25 heavy (non-hydrogen) atoms. The first-order valence-corrected chi connectivity index (χ1v) is 10.2. The van der Waals surface area contributed by atoms with Crippen molar-refractivity contribution < 1.29 is 9.59 Å². The summed E-state index contributed by atoms with van der Waals surface area (Å²) < 4.78 is 0. The molecule has 1 rings (SSSR count). The number of rotatable bonds is 11. The lowest BCUT2D eigenvalue weighted by molar-refractivity contribution is -0.131. The molecule has 0 spiro atoms. The van der Waals surface area contributed by atoms with Crippen LogP contribution >= 0.6 is 0 Å². The second-order valence-corrected chi connectivity index (χ2v) is 7.94. The van der Waals surface area contributed by atoms with E-state index < -0.39 is 0 Å². The van der Waals surface area contributed by atoms with Crippen LogP contribution in [0.3, 0.4) is 0 Å². The third kappa shape index (κ3) is 7.87. The number of ketones is 1. The van der Waals surface area contributed by atoms with Gasteiger partial charge in [-0.3, -0.25) is 9.59 Å². The zero-order chi connectivity index (χ0) is 18.8. The lowest BCUT2D eigenvalue weighted by Gasteiger charge is -2.28. The second-order valence-electron chi connectivity index (χ2n) is 7.94. The van der Waals surface area contributed by atoms with Gasteiger partial charge in [0.1, 0.15) is 0 Å². The third-order valence-corrected chi connectivity index (χ3v) is 5.02. The fourth-order valence-corrected chi connectivity index (χ4v) is 3.50. The molecule has 0 radical (unpaired) electrons. The van der Waals surface area contributed by atoms with Gasteiger partial charge in [-0.2, -0.15) is 0 Å². The molecule has 5 nitrogen and oxygen atoms in total. The number of piperidine rings is 1. The molecule has 0 aromatic carbocycles. The van der Waals surface area contributed by atoms with Crippen LogP contribution in [0.15, 0.2) is 0 Å².